The van der Waals surface area contributed by atoms with Crippen molar-refractivity contribution >= 4 is 34.3 Å². The molecule has 2 aliphatic heterocycles. The molecular formula is C28H35N7O4. The van der Waals surface area contributed by atoms with E-state index >= 15 is 0 Å². The Morgan fingerprint density at radius 2 is 1.87 bits per heavy atom. The highest BCUT2D eigenvalue weighted by atomic mass is 16.5. The monoisotopic (exact) mass is 533 g/mol. The molecule has 0 unspecified atom stereocenters. The first-order valence-electron chi connectivity index (χ1n) is 13.1. The number of amides is 1. The third kappa shape index (κ3) is 6.15. The van der Waals surface area contributed by atoms with Gasteiger partial charge in [-0.15, -0.1) is 0 Å². The Balaban J connectivity index is 1.27. The van der Waals surface area contributed by atoms with E-state index in [9.17, 15) is 14.7 Å². The molecule has 3 aromatic rings. The number of H-pyrrole nitrogens is 1. The van der Waals surface area contributed by atoms with Crippen LogP contribution in [0.1, 0.15) is 29.8 Å². The average Bonchev–Trinajstić information content (AvgIpc) is 2.90. The number of anilines is 5. The van der Waals surface area contributed by atoms with Gasteiger partial charge in [0.25, 0.3) is 11.5 Å². The van der Waals surface area contributed by atoms with Crippen molar-refractivity contribution in [1.82, 2.24) is 14.9 Å². The molecule has 2 aromatic heterocycles. The Bertz CT molecular complexity index is 1390. The van der Waals surface area contributed by atoms with Crippen molar-refractivity contribution < 1.29 is 14.6 Å². The summed E-state index contributed by atoms with van der Waals surface area (Å²) in [6, 6.07) is 9.26. The zero-order valence-corrected chi connectivity index (χ0v) is 22.5. The molecule has 1 amide bonds. The van der Waals surface area contributed by atoms with Gasteiger partial charge in [0.1, 0.15) is 17.9 Å². The molecule has 1 fully saturated rings. The van der Waals surface area contributed by atoms with Crippen molar-refractivity contribution in [2.45, 2.75) is 26.4 Å². The van der Waals surface area contributed by atoms with Gasteiger partial charge in [-0.05, 0) is 51.1 Å². The van der Waals surface area contributed by atoms with Crippen LogP contribution in [0.4, 0.5) is 28.4 Å². The third-order valence-corrected chi connectivity index (χ3v) is 6.88. The molecule has 39 heavy (non-hydrogen) atoms. The lowest BCUT2D eigenvalue weighted by Crippen LogP contribution is -2.50. The second kappa shape index (κ2) is 11.0. The molecule has 1 saturated heterocycles. The van der Waals surface area contributed by atoms with E-state index < -0.39 is 17.1 Å². The highest BCUT2D eigenvalue weighted by molar-refractivity contribution is 6.08. The second-order valence-electron chi connectivity index (χ2n) is 10.5. The Morgan fingerprint density at radius 3 is 2.59 bits per heavy atom. The number of ether oxygens (including phenoxy) is 1. The van der Waals surface area contributed by atoms with E-state index in [-0.39, 0.29) is 5.56 Å². The molecule has 1 aromatic carbocycles. The van der Waals surface area contributed by atoms with Crippen molar-refractivity contribution in [2.24, 2.45) is 0 Å². The first-order chi connectivity index (χ1) is 18.7. The maximum absolute atomic E-state index is 13.2. The standard InChI is InChI=1S/C28H35N7O4/c1-18-22(16-31-27-24(18)29-10-15-39-27)33-21-8-9-30-25(36)23(21)26(37)32-19-4-6-20(7-5-19)35-13-11-34(12-14-35)17-28(2,3)38/h4-9,16,29,38H,10-15,17H2,1-3H3,(H,32,37)(H2,30,33,36). The van der Waals surface area contributed by atoms with Gasteiger partial charge in [-0.25, -0.2) is 4.98 Å². The number of β-amino-alcohol motifs (C(OH)–C–C–N with tert-alkyl or cyclic N) is 1. The molecule has 0 saturated carbocycles. The molecule has 0 spiro atoms. The van der Waals surface area contributed by atoms with Gasteiger partial charge >= 0.3 is 0 Å². The highest BCUT2D eigenvalue weighted by Gasteiger charge is 2.23. The molecule has 4 heterocycles. The van der Waals surface area contributed by atoms with Crippen LogP contribution in [0.25, 0.3) is 0 Å². The van der Waals surface area contributed by atoms with Crippen LogP contribution in [0.5, 0.6) is 5.88 Å². The number of rotatable bonds is 7. The average molecular weight is 534 g/mol. The number of pyridine rings is 2. The van der Waals surface area contributed by atoms with Crippen molar-refractivity contribution in [2.75, 3.05) is 66.7 Å². The van der Waals surface area contributed by atoms with Crippen molar-refractivity contribution in [3.8, 4) is 5.88 Å². The molecule has 206 valence electrons. The van der Waals surface area contributed by atoms with E-state index in [1.165, 1.54) is 6.20 Å². The zero-order chi connectivity index (χ0) is 27.6. The van der Waals surface area contributed by atoms with Crippen molar-refractivity contribution in [3.05, 3.63) is 64.2 Å². The molecule has 5 N–H and O–H groups in total. The summed E-state index contributed by atoms with van der Waals surface area (Å²) in [5, 5.41) is 19.4. The predicted octanol–water partition coefficient (Wildman–Crippen LogP) is 2.77. The minimum atomic E-state index is -0.708. The summed E-state index contributed by atoms with van der Waals surface area (Å²) in [4.78, 5) is 37.5. The van der Waals surface area contributed by atoms with Gasteiger partial charge in [0.05, 0.1) is 23.2 Å². The van der Waals surface area contributed by atoms with E-state index in [0.717, 1.165) is 43.1 Å². The number of aromatic nitrogens is 2. The van der Waals surface area contributed by atoms with Crippen LogP contribution >= 0.6 is 0 Å². The number of carbonyl (C=O) groups excluding carboxylic acids is 1. The number of aromatic amines is 1. The van der Waals surface area contributed by atoms with Crippen molar-refractivity contribution in [1.29, 1.82) is 0 Å². The summed E-state index contributed by atoms with van der Waals surface area (Å²) in [6.45, 7) is 10.9. The van der Waals surface area contributed by atoms with Gasteiger partial charge in [-0.2, -0.15) is 0 Å². The molecule has 0 radical (unpaired) electrons. The number of fused-ring (bicyclic) bond motifs is 1. The number of nitrogens with zero attached hydrogens (tertiary/aromatic N) is 3. The van der Waals surface area contributed by atoms with Gasteiger partial charge in [-0.1, -0.05) is 0 Å². The van der Waals surface area contributed by atoms with Crippen LogP contribution in [0, 0.1) is 6.92 Å². The van der Waals surface area contributed by atoms with Crippen LogP contribution in [-0.2, 0) is 0 Å². The van der Waals surface area contributed by atoms with Crippen LogP contribution < -0.4 is 31.1 Å². The van der Waals surface area contributed by atoms with Gasteiger partial charge in [0.15, 0.2) is 0 Å². The zero-order valence-electron chi connectivity index (χ0n) is 22.5. The van der Waals surface area contributed by atoms with E-state index in [2.05, 4.69) is 35.7 Å². The summed E-state index contributed by atoms with van der Waals surface area (Å²) in [5.41, 5.74) is 3.13. The molecule has 0 atom stereocenters. The normalized spacial score (nSPS) is 15.6. The molecule has 0 bridgehead atoms. The largest absolute Gasteiger partial charge is 0.474 e. The van der Waals surface area contributed by atoms with Crippen LogP contribution in [0.2, 0.25) is 0 Å². The van der Waals surface area contributed by atoms with Crippen molar-refractivity contribution in [3.63, 3.8) is 0 Å². The van der Waals surface area contributed by atoms with Crippen LogP contribution in [0.15, 0.2) is 47.5 Å². The molecule has 11 heteroatoms. The summed E-state index contributed by atoms with van der Waals surface area (Å²) in [6.07, 6.45) is 3.13. The lowest BCUT2D eigenvalue weighted by molar-refractivity contribution is 0.0345. The number of hydrogen-bond donors (Lipinski definition) is 5. The van der Waals surface area contributed by atoms with E-state index in [4.69, 9.17) is 4.74 Å². The van der Waals surface area contributed by atoms with Gasteiger partial charge in [0, 0.05) is 62.4 Å². The van der Waals surface area contributed by atoms with E-state index in [1.54, 1.807) is 12.3 Å². The smallest absolute Gasteiger partial charge is 0.263 e. The van der Waals surface area contributed by atoms with Crippen LogP contribution in [0.3, 0.4) is 0 Å². The molecule has 5 rings (SSSR count). The van der Waals surface area contributed by atoms with Gasteiger partial charge in [-0.3, -0.25) is 14.5 Å². The lowest BCUT2D eigenvalue weighted by atomic mass is 10.1. The summed E-state index contributed by atoms with van der Waals surface area (Å²) >= 11 is 0. The number of benzene rings is 1. The van der Waals surface area contributed by atoms with Gasteiger partial charge < -0.3 is 35.7 Å². The minimum Gasteiger partial charge on any atom is -0.474 e. The maximum Gasteiger partial charge on any atom is 0.263 e. The minimum absolute atomic E-state index is 0.0224. The molecule has 2 aliphatic rings. The Labute approximate surface area is 227 Å². The quantitative estimate of drug-likeness (QED) is 0.311. The SMILES string of the molecule is Cc1c(Nc2cc[nH]c(=O)c2C(=O)Nc2ccc(N3CCN(CC(C)(C)O)CC3)cc2)cnc2c1NCCO2. The highest BCUT2D eigenvalue weighted by Crippen LogP contribution is 2.34. The number of hydrogen-bond acceptors (Lipinski definition) is 9. The Hall–Kier alpha value is -4.09. The summed E-state index contributed by atoms with van der Waals surface area (Å²) in [5.74, 6) is 0.0185. The number of carbonyl (C=O) groups is 1. The molecule has 11 nitrogen and oxygen atoms in total. The number of piperazine rings is 1. The first-order valence-corrected chi connectivity index (χ1v) is 13.1. The summed E-state index contributed by atoms with van der Waals surface area (Å²) < 4.78 is 5.59. The molecular weight excluding hydrogens is 498 g/mol. The maximum atomic E-state index is 13.2. The fraction of sp³-hybridized carbons (Fsp3) is 0.393. The fourth-order valence-electron chi connectivity index (χ4n) is 4.96. The third-order valence-electron chi connectivity index (χ3n) is 6.88. The Morgan fingerprint density at radius 1 is 1.13 bits per heavy atom. The number of aliphatic hydroxyl groups is 1. The Kier molecular flexibility index (Phi) is 7.45. The second-order valence-corrected chi connectivity index (χ2v) is 10.5. The topological polar surface area (TPSA) is 135 Å². The first kappa shape index (κ1) is 26.5. The lowest BCUT2D eigenvalue weighted by Gasteiger charge is -2.38. The fourth-order valence-corrected chi connectivity index (χ4v) is 4.96. The van der Waals surface area contributed by atoms with Gasteiger partial charge in [0.2, 0.25) is 5.88 Å². The van der Waals surface area contributed by atoms with Crippen LogP contribution in [-0.4, -0.2) is 77.4 Å². The van der Waals surface area contributed by atoms with E-state index in [0.29, 0.717) is 42.6 Å². The predicted molar refractivity (Wildman–Crippen MR) is 153 cm³/mol. The van der Waals surface area contributed by atoms with E-state index in [1.807, 2.05) is 45.0 Å². The summed E-state index contributed by atoms with van der Waals surface area (Å²) in [7, 11) is 0. The molecule has 0 aliphatic carbocycles. The number of nitrogens with one attached hydrogen (secondary N) is 4.